The fourth-order valence-corrected chi connectivity index (χ4v) is 3.45. The number of pyridine rings is 1. The van der Waals surface area contributed by atoms with Gasteiger partial charge in [0.1, 0.15) is 17.9 Å². The van der Waals surface area contributed by atoms with Crippen LogP contribution in [0.2, 0.25) is 0 Å². The highest BCUT2D eigenvalue weighted by Crippen LogP contribution is 2.37. The summed E-state index contributed by atoms with van der Waals surface area (Å²) in [7, 11) is 3.15. The molecular weight excluding hydrogens is 410 g/mol. The van der Waals surface area contributed by atoms with Crippen LogP contribution in [0.5, 0.6) is 23.0 Å². The lowest BCUT2D eigenvalue weighted by molar-refractivity contribution is -0.127. The number of hydrogen-bond acceptors (Lipinski definition) is 6. The van der Waals surface area contributed by atoms with Crippen molar-refractivity contribution >= 4 is 28.4 Å². The van der Waals surface area contributed by atoms with E-state index in [4.69, 9.17) is 14.2 Å². The number of amides is 2. The van der Waals surface area contributed by atoms with E-state index in [0.717, 1.165) is 24.6 Å². The molecule has 2 aromatic carbocycles. The van der Waals surface area contributed by atoms with Gasteiger partial charge in [0.05, 0.1) is 19.7 Å². The molecule has 0 atom stereocenters. The summed E-state index contributed by atoms with van der Waals surface area (Å²) in [5.74, 6) is 1.78. The molecular formula is C24H25N3O5. The molecule has 8 nitrogen and oxygen atoms in total. The molecule has 166 valence electrons. The Morgan fingerprint density at radius 3 is 2.34 bits per heavy atom. The predicted molar refractivity (Wildman–Crippen MR) is 120 cm³/mol. The summed E-state index contributed by atoms with van der Waals surface area (Å²) in [6, 6.07) is 12.5. The van der Waals surface area contributed by atoms with Gasteiger partial charge in [-0.1, -0.05) is 0 Å². The number of ether oxygens (including phenoxy) is 3. The van der Waals surface area contributed by atoms with Crippen molar-refractivity contribution in [1.29, 1.82) is 0 Å². The zero-order chi connectivity index (χ0) is 22.5. The topological polar surface area (TPSA) is 98.8 Å². The van der Waals surface area contributed by atoms with E-state index in [9.17, 15) is 9.59 Å². The van der Waals surface area contributed by atoms with Gasteiger partial charge < -0.3 is 24.8 Å². The van der Waals surface area contributed by atoms with E-state index in [-0.39, 0.29) is 24.3 Å². The maximum atomic E-state index is 12.1. The number of benzene rings is 2. The molecule has 1 fully saturated rings. The second kappa shape index (κ2) is 9.55. The lowest BCUT2D eigenvalue weighted by atomic mass is 9.93. The van der Waals surface area contributed by atoms with E-state index in [0.29, 0.717) is 34.2 Å². The minimum absolute atomic E-state index is 0.191. The third-order valence-corrected chi connectivity index (χ3v) is 5.36. The normalized spacial score (nSPS) is 13.2. The van der Waals surface area contributed by atoms with Crippen molar-refractivity contribution in [3.63, 3.8) is 0 Å². The standard InChI is InChI=1S/C24H25N3O5/c1-30-21-12-18-19(13-22(21)31-2)25-11-10-20(18)32-17-8-6-16(7-9-17)27-24(29)14-23(28)26-15-4-3-5-15/h6-13,15H,3-5,14H2,1-2H3,(H,26,28)(H,27,29). The smallest absolute Gasteiger partial charge is 0.233 e. The van der Waals surface area contributed by atoms with Gasteiger partial charge in [-0.25, -0.2) is 0 Å². The van der Waals surface area contributed by atoms with Crippen LogP contribution in [0.4, 0.5) is 5.69 Å². The number of aromatic nitrogens is 1. The van der Waals surface area contributed by atoms with Gasteiger partial charge in [0, 0.05) is 29.4 Å². The Kier molecular flexibility index (Phi) is 6.39. The number of fused-ring (bicyclic) bond motifs is 1. The Morgan fingerprint density at radius 1 is 0.969 bits per heavy atom. The average molecular weight is 435 g/mol. The molecule has 0 saturated heterocycles. The molecule has 1 aliphatic rings. The summed E-state index contributed by atoms with van der Waals surface area (Å²) in [6.07, 6.45) is 4.57. The fourth-order valence-electron chi connectivity index (χ4n) is 3.45. The average Bonchev–Trinajstić information content (AvgIpc) is 2.76. The van der Waals surface area contributed by atoms with Crippen LogP contribution in [-0.2, 0) is 9.59 Å². The molecule has 0 spiro atoms. The van der Waals surface area contributed by atoms with Crippen molar-refractivity contribution in [2.75, 3.05) is 19.5 Å². The monoisotopic (exact) mass is 435 g/mol. The Balaban J connectivity index is 1.41. The first-order valence-corrected chi connectivity index (χ1v) is 10.4. The molecule has 32 heavy (non-hydrogen) atoms. The Morgan fingerprint density at radius 2 is 1.69 bits per heavy atom. The van der Waals surface area contributed by atoms with Crippen LogP contribution in [0.1, 0.15) is 25.7 Å². The summed E-state index contributed by atoms with van der Waals surface area (Å²) >= 11 is 0. The van der Waals surface area contributed by atoms with Crippen LogP contribution >= 0.6 is 0 Å². The number of rotatable bonds is 8. The van der Waals surface area contributed by atoms with Gasteiger partial charge >= 0.3 is 0 Å². The van der Waals surface area contributed by atoms with Crippen molar-refractivity contribution in [2.45, 2.75) is 31.7 Å². The van der Waals surface area contributed by atoms with Crippen molar-refractivity contribution in [3.05, 3.63) is 48.7 Å². The Bertz CT molecular complexity index is 1130. The largest absolute Gasteiger partial charge is 0.493 e. The minimum Gasteiger partial charge on any atom is -0.493 e. The third kappa shape index (κ3) is 4.91. The van der Waals surface area contributed by atoms with Crippen molar-refractivity contribution in [2.24, 2.45) is 0 Å². The number of carbonyl (C=O) groups is 2. The second-order valence-electron chi connectivity index (χ2n) is 7.58. The molecule has 1 aliphatic carbocycles. The number of nitrogens with one attached hydrogen (secondary N) is 2. The van der Waals surface area contributed by atoms with E-state index >= 15 is 0 Å². The third-order valence-electron chi connectivity index (χ3n) is 5.36. The number of hydrogen-bond donors (Lipinski definition) is 2. The second-order valence-corrected chi connectivity index (χ2v) is 7.58. The van der Waals surface area contributed by atoms with Gasteiger partial charge in [-0.3, -0.25) is 14.6 Å². The number of methoxy groups -OCH3 is 2. The minimum atomic E-state index is -0.350. The lowest BCUT2D eigenvalue weighted by Crippen LogP contribution is -2.40. The van der Waals surface area contributed by atoms with Crippen LogP contribution < -0.4 is 24.8 Å². The zero-order valence-corrected chi connectivity index (χ0v) is 18.0. The molecule has 0 radical (unpaired) electrons. The van der Waals surface area contributed by atoms with Crippen LogP contribution in [0.3, 0.4) is 0 Å². The van der Waals surface area contributed by atoms with Gasteiger partial charge in [-0.15, -0.1) is 0 Å². The van der Waals surface area contributed by atoms with E-state index in [2.05, 4.69) is 15.6 Å². The molecule has 1 heterocycles. The van der Waals surface area contributed by atoms with Gasteiger partial charge in [-0.2, -0.15) is 0 Å². The predicted octanol–water partition coefficient (Wildman–Crippen LogP) is 4.04. The van der Waals surface area contributed by atoms with E-state index in [1.807, 2.05) is 6.07 Å². The molecule has 0 aliphatic heterocycles. The van der Waals surface area contributed by atoms with Crippen molar-refractivity contribution in [1.82, 2.24) is 10.3 Å². The lowest BCUT2D eigenvalue weighted by Gasteiger charge is -2.26. The van der Waals surface area contributed by atoms with Crippen LogP contribution in [0, 0.1) is 0 Å². The molecule has 1 aromatic heterocycles. The Hall–Kier alpha value is -3.81. The molecule has 0 bridgehead atoms. The van der Waals surface area contributed by atoms with Crippen molar-refractivity contribution in [3.8, 4) is 23.0 Å². The molecule has 8 heteroatoms. The number of anilines is 1. The van der Waals surface area contributed by atoms with Gasteiger partial charge in [0.2, 0.25) is 11.8 Å². The van der Waals surface area contributed by atoms with Crippen LogP contribution in [-0.4, -0.2) is 37.1 Å². The SMILES string of the molecule is COc1cc2nccc(Oc3ccc(NC(=O)CC(=O)NC4CCC4)cc3)c2cc1OC. The van der Waals surface area contributed by atoms with Crippen LogP contribution in [0.15, 0.2) is 48.7 Å². The van der Waals surface area contributed by atoms with Gasteiger partial charge in [0.15, 0.2) is 11.5 Å². The van der Waals surface area contributed by atoms with E-state index in [1.165, 1.54) is 0 Å². The number of carbonyl (C=O) groups excluding carboxylic acids is 2. The summed E-state index contributed by atoms with van der Waals surface area (Å²) < 4.78 is 16.8. The summed E-state index contributed by atoms with van der Waals surface area (Å²) in [4.78, 5) is 28.4. The van der Waals surface area contributed by atoms with E-state index in [1.54, 1.807) is 56.8 Å². The Labute approximate surface area is 185 Å². The van der Waals surface area contributed by atoms with Gasteiger partial charge in [0.25, 0.3) is 0 Å². The fraction of sp³-hybridized carbons (Fsp3) is 0.292. The van der Waals surface area contributed by atoms with E-state index < -0.39 is 0 Å². The highest BCUT2D eigenvalue weighted by atomic mass is 16.5. The molecule has 1 saturated carbocycles. The molecule has 3 aromatic rings. The first kappa shape index (κ1) is 21.4. The summed E-state index contributed by atoms with van der Waals surface area (Å²) in [5, 5.41) is 6.37. The molecule has 4 rings (SSSR count). The molecule has 0 unspecified atom stereocenters. The summed E-state index contributed by atoms with van der Waals surface area (Å²) in [5.41, 5.74) is 1.30. The van der Waals surface area contributed by atoms with Gasteiger partial charge in [-0.05, 0) is 55.7 Å². The molecule has 2 amide bonds. The first-order valence-electron chi connectivity index (χ1n) is 10.4. The van der Waals surface area contributed by atoms with Crippen LogP contribution in [0.25, 0.3) is 10.9 Å². The number of nitrogens with zero attached hydrogens (tertiary/aromatic N) is 1. The van der Waals surface area contributed by atoms with Crippen molar-refractivity contribution < 1.29 is 23.8 Å². The maximum Gasteiger partial charge on any atom is 0.233 e. The molecule has 2 N–H and O–H groups in total. The summed E-state index contributed by atoms with van der Waals surface area (Å²) in [6.45, 7) is 0. The highest BCUT2D eigenvalue weighted by Gasteiger charge is 2.20. The zero-order valence-electron chi connectivity index (χ0n) is 18.0. The maximum absolute atomic E-state index is 12.1. The quantitative estimate of drug-likeness (QED) is 0.518. The highest BCUT2D eigenvalue weighted by molar-refractivity contribution is 6.03. The first-order chi connectivity index (χ1) is 15.6.